The summed E-state index contributed by atoms with van der Waals surface area (Å²) in [5.74, 6) is 1.02. The lowest BCUT2D eigenvalue weighted by molar-refractivity contribution is 0.102. The molecule has 5 rings (SSSR count). The van der Waals surface area contributed by atoms with Crippen LogP contribution in [0.25, 0.3) is 21.9 Å². The van der Waals surface area contributed by atoms with Crippen LogP contribution in [0.2, 0.25) is 0 Å². The zero-order valence-corrected chi connectivity index (χ0v) is 19.0. The van der Waals surface area contributed by atoms with Crippen LogP contribution in [0.5, 0.6) is 5.75 Å². The highest BCUT2D eigenvalue weighted by Crippen LogP contribution is 2.30. The number of methoxy groups -OCH3 is 1. The molecule has 1 amide bonds. The van der Waals surface area contributed by atoms with Gasteiger partial charge in [0.2, 0.25) is 0 Å². The van der Waals surface area contributed by atoms with Crippen molar-refractivity contribution in [3.63, 3.8) is 0 Å². The van der Waals surface area contributed by atoms with Crippen molar-refractivity contribution in [3.05, 3.63) is 42.5 Å². The number of ether oxygens (including phenoxy) is 1. The topological polar surface area (TPSA) is 110 Å². The van der Waals surface area contributed by atoms with Crippen molar-refractivity contribution in [2.45, 2.75) is 25.9 Å². The van der Waals surface area contributed by atoms with E-state index in [0.717, 1.165) is 29.8 Å². The molecule has 170 valence electrons. The summed E-state index contributed by atoms with van der Waals surface area (Å²) in [6, 6.07) is 4.26. The molecule has 0 unspecified atom stereocenters. The van der Waals surface area contributed by atoms with E-state index in [1.54, 1.807) is 36.4 Å². The van der Waals surface area contributed by atoms with Crippen molar-refractivity contribution < 1.29 is 9.53 Å². The number of anilines is 2. The summed E-state index contributed by atoms with van der Waals surface area (Å²) in [6.07, 6.45) is 6.68. The zero-order valence-electron chi connectivity index (χ0n) is 19.0. The summed E-state index contributed by atoms with van der Waals surface area (Å²) < 4.78 is 7.18. The number of fused-ring (bicyclic) bond motifs is 2. The molecule has 10 heteroatoms. The predicted octanol–water partition coefficient (Wildman–Crippen LogP) is 2.36. The SMILES string of the molecule is COc1cc(NC(=O)c2cnc(N3C[C@@H](C)N[C@@H](C)C3)c3nccnc23)cc2cn(C)nc12. The Morgan fingerprint density at radius 3 is 2.55 bits per heavy atom. The molecule has 1 aliphatic heterocycles. The molecular formula is C23H26N8O2. The number of hydrogen-bond donors (Lipinski definition) is 2. The molecule has 1 fully saturated rings. The average Bonchev–Trinajstić information content (AvgIpc) is 3.17. The van der Waals surface area contributed by atoms with E-state index < -0.39 is 0 Å². The van der Waals surface area contributed by atoms with Gasteiger partial charge in [0.05, 0.1) is 12.7 Å². The van der Waals surface area contributed by atoms with Crippen molar-refractivity contribution in [2.75, 3.05) is 30.4 Å². The monoisotopic (exact) mass is 446 g/mol. The number of aromatic nitrogens is 5. The molecule has 0 spiro atoms. The van der Waals surface area contributed by atoms with E-state index in [9.17, 15) is 4.79 Å². The van der Waals surface area contributed by atoms with Gasteiger partial charge < -0.3 is 20.3 Å². The minimum atomic E-state index is -0.313. The van der Waals surface area contributed by atoms with Gasteiger partial charge in [0.15, 0.2) is 5.82 Å². The Morgan fingerprint density at radius 1 is 1.09 bits per heavy atom. The summed E-state index contributed by atoms with van der Waals surface area (Å²) in [7, 11) is 3.42. The number of carbonyl (C=O) groups is 1. The average molecular weight is 447 g/mol. The Labute approximate surface area is 191 Å². The van der Waals surface area contributed by atoms with Gasteiger partial charge in [0, 0.05) is 74.1 Å². The Bertz CT molecular complexity index is 1340. The lowest BCUT2D eigenvalue weighted by Gasteiger charge is -2.37. The second-order valence-corrected chi connectivity index (χ2v) is 8.50. The first-order chi connectivity index (χ1) is 15.9. The van der Waals surface area contributed by atoms with Gasteiger partial charge >= 0.3 is 0 Å². The van der Waals surface area contributed by atoms with E-state index in [0.29, 0.717) is 40.1 Å². The van der Waals surface area contributed by atoms with Gasteiger partial charge in [-0.2, -0.15) is 5.10 Å². The summed E-state index contributed by atoms with van der Waals surface area (Å²) in [5.41, 5.74) is 2.84. The number of benzene rings is 1. The number of hydrogen-bond acceptors (Lipinski definition) is 8. The quantitative estimate of drug-likeness (QED) is 0.492. The molecule has 2 N–H and O–H groups in total. The van der Waals surface area contributed by atoms with E-state index in [4.69, 9.17) is 4.74 Å². The number of nitrogens with one attached hydrogen (secondary N) is 2. The standard InChI is InChI=1S/C23H26N8O2/c1-13-10-31(11-14(2)27-13)22-21-20(24-5-6-25-21)17(9-26-22)23(32)28-16-7-15-12-30(3)29-19(15)18(8-16)33-4/h5-9,12-14,27H,10-11H2,1-4H3,(H,28,32)/t13-,14+. The first kappa shape index (κ1) is 21.1. The van der Waals surface area contributed by atoms with Crippen LogP contribution in [-0.4, -0.2) is 62.9 Å². The Balaban J connectivity index is 1.50. The van der Waals surface area contributed by atoms with Crippen LogP contribution in [0.4, 0.5) is 11.5 Å². The van der Waals surface area contributed by atoms with Crippen molar-refractivity contribution in [1.82, 2.24) is 30.0 Å². The number of aryl methyl sites for hydroxylation is 1. The summed E-state index contributed by atoms with van der Waals surface area (Å²) in [6.45, 7) is 5.90. The molecule has 0 saturated carbocycles. The molecule has 1 aliphatic rings. The molecule has 0 radical (unpaired) electrons. The van der Waals surface area contributed by atoms with Gasteiger partial charge in [0.1, 0.15) is 22.3 Å². The highest BCUT2D eigenvalue weighted by atomic mass is 16.5. The van der Waals surface area contributed by atoms with Gasteiger partial charge in [-0.3, -0.25) is 14.5 Å². The number of piperazine rings is 1. The minimum Gasteiger partial charge on any atom is -0.494 e. The Hall–Kier alpha value is -3.79. The van der Waals surface area contributed by atoms with Crippen molar-refractivity contribution >= 4 is 39.3 Å². The fourth-order valence-corrected chi connectivity index (χ4v) is 4.49. The fourth-order valence-electron chi connectivity index (χ4n) is 4.49. The number of rotatable bonds is 4. The van der Waals surface area contributed by atoms with Gasteiger partial charge in [0.25, 0.3) is 5.91 Å². The fraction of sp³-hybridized carbons (Fsp3) is 0.348. The highest BCUT2D eigenvalue weighted by molar-refractivity contribution is 6.13. The summed E-state index contributed by atoms with van der Waals surface area (Å²) >= 11 is 0. The predicted molar refractivity (Wildman–Crippen MR) is 127 cm³/mol. The van der Waals surface area contributed by atoms with Crippen molar-refractivity contribution in [3.8, 4) is 5.75 Å². The van der Waals surface area contributed by atoms with Gasteiger partial charge in [-0.15, -0.1) is 0 Å². The van der Waals surface area contributed by atoms with Crippen LogP contribution >= 0.6 is 0 Å². The molecule has 0 aliphatic carbocycles. The first-order valence-electron chi connectivity index (χ1n) is 10.9. The maximum Gasteiger partial charge on any atom is 0.259 e. The van der Waals surface area contributed by atoms with Gasteiger partial charge in [-0.25, -0.2) is 9.97 Å². The van der Waals surface area contributed by atoms with Crippen LogP contribution in [-0.2, 0) is 7.05 Å². The summed E-state index contributed by atoms with van der Waals surface area (Å²) in [5, 5.41) is 11.8. The van der Waals surface area contributed by atoms with Crippen LogP contribution < -0.4 is 20.3 Å². The zero-order chi connectivity index (χ0) is 23.1. The highest BCUT2D eigenvalue weighted by Gasteiger charge is 2.25. The van der Waals surface area contributed by atoms with E-state index in [1.807, 2.05) is 19.3 Å². The van der Waals surface area contributed by atoms with Gasteiger partial charge in [-0.1, -0.05) is 0 Å². The van der Waals surface area contributed by atoms with E-state index in [1.165, 1.54) is 0 Å². The maximum absolute atomic E-state index is 13.3. The lowest BCUT2D eigenvalue weighted by Crippen LogP contribution is -2.54. The minimum absolute atomic E-state index is 0.313. The smallest absolute Gasteiger partial charge is 0.259 e. The number of pyridine rings is 1. The van der Waals surface area contributed by atoms with E-state index in [-0.39, 0.29) is 5.91 Å². The Morgan fingerprint density at radius 2 is 1.82 bits per heavy atom. The number of carbonyl (C=O) groups excluding carboxylic acids is 1. The molecular weight excluding hydrogens is 420 g/mol. The largest absolute Gasteiger partial charge is 0.494 e. The third-order valence-electron chi connectivity index (χ3n) is 5.75. The second kappa shape index (κ2) is 8.28. The Kier molecular flexibility index (Phi) is 5.29. The van der Waals surface area contributed by atoms with Crippen LogP contribution in [0, 0.1) is 0 Å². The lowest BCUT2D eigenvalue weighted by atomic mass is 10.1. The van der Waals surface area contributed by atoms with E-state index >= 15 is 0 Å². The molecule has 0 bridgehead atoms. The number of amides is 1. The molecule has 2 atom stereocenters. The van der Waals surface area contributed by atoms with Gasteiger partial charge in [-0.05, 0) is 19.9 Å². The molecule has 4 aromatic rings. The molecule has 1 saturated heterocycles. The van der Waals surface area contributed by atoms with Crippen molar-refractivity contribution in [1.29, 1.82) is 0 Å². The summed E-state index contributed by atoms with van der Waals surface area (Å²) in [4.78, 5) is 29.1. The van der Waals surface area contributed by atoms with Crippen LogP contribution in [0.1, 0.15) is 24.2 Å². The second-order valence-electron chi connectivity index (χ2n) is 8.50. The molecule has 33 heavy (non-hydrogen) atoms. The normalized spacial score (nSPS) is 18.6. The molecule has 1 aromatic carbocycles. The van der Waals surface area contributed by atoms with E-state index in [2.05, 4.69) is 49.4 Å². The molecule has 4 heterocycles. The molecule has 3 aromatic heterocycles. The van der Waals surface area contributed by atoms with Crippen molar-refractivity contribution in [2.24, 2.45) is 7.05 Å². The maximum atomic E-state index is 13.3. The number of nitrogens with zero attached hydrogens (tertiary/aromatic N) is 6. The third-order valence-corrected chi connectivity index (χ3v) is 5.75. The van der Waals surface area contributed by atoms with Crippen LogP contribution in [0.3, 0.4) is 0 Å². The first-order valence-corrected chi connectivity index (χ1v) is 10.9. The third kappa shape index (κ3) is 3.93. The van der Waals surface area contributed by atoms with Crippen LogP contribution in [0.15, 0.2) is 36.9 Å². The molecule has 10 nitrogen and oxygen atoms in total.